The first-order valence-corrected chi connectivity index (χ1v) is 8.93. The summed E-state index contributed by atoms with van der Waals surface area (Å²) in [4.78, 5) is 14.1. The molecule has 3 aromatic rings. The van der Waals surface area contributed by atoms with Gasteiger partial charge in [0.25, 0.3) is 5.89 Å². The normalized spacial score (nSPS) is 15.6. The second-order valence-corrected chi connectivity index (χ2v) is 6.65. The van der Waals surface area contributed by atoms with E-state index in [1.165, 1.54) is 6.07 Å². The molecule has 0 radical (unpaired) electrons. The van der Waals surface area contributed by atoms with Crippen molar-refractivity contribution in [3.8, 4) is 11.7 Å². The molecule has 0 unspecified atom stereocenters. The quantitative estimate of drug-likeness (QED) is 0.721. The molecule has 28 heavy (non-hydrogen) atoms. The fourth-order valence-corrected chi connectivity index (χ4v) is 3.22. The molecule has 1 aliphatic rings. The molecule has 1 saturated heterocycles. The minimum absolute atomic E-state index is 0.0300. The maximum atomic E-state index is 13.6. The average Bonchev–Trinajstić information content (AvgIpc) is 3.36. The van der Waals surface area contributed by atoms with Gasteiger partial charge in [0.1, 0.15) is 11.6 Å². The van der Waals surface area contributed by atoms with Crippen LogP contribution < -0.4 is 5.32 Å². The number of aromatic nitrogens is 2. The van der Waals surface area contributed by atoms with Crippen molar-refractivity contribution in [3.63, 3.8) is 0 Å². The van der Waals surface area contributed by atoms with Crippen LogP contribution in [-0.4, -0.2) is 40.6 Å². The van der Waals surface area contributed by atoms with E-state index in [1.54, 1.807) is 18.4 Å². The summed E-state index contributed by atoms with van der Waals surface area (Å²) in [5.74, 6) is -0.274. The first-order chi connectivity index (χ1) is 13.6. The van der Waals surface area contributed by atoms with Crippen LogP contribution in [0.1, 0.15) is 24.7 Å². The Morgan fingerprint density at radius 1 is 1.21 bits per heavy atom. The number of nitrogens with one attached hydrogen (secondary N) is 1. The minimum Gasteiger partial charge on any atom is -0.459 e. The van der Waals surface area contributed by atoms with Crippen LogP contribution >= 0.6 is 0 Å². The first kappa shape index (κ1) is 18.3. The summed E-state index contributed by atoms with van der Waals surface area (Å²) in [6, 6.07) is 6.55. The monoisotopic (exact) mass is 388 g/mol. The van der Waals surface area contributed by atoms with Crippen molar-refractivity contribution in [3.05, 3.63) is 54.1 Å². The number of carbonyl (C=O) groups excluding carboxylic acids is 1. The van der Waals surface area contributed by atoms with Gasteiger partial charge in [-0.15, -0.1) is 10.2 Å². The summed E-state index contributed by atoms with van der Waals surface area (Å²) in [6.07, 6.45) is 3.07. The lowest BCUT2D eigenvalue weighted by Crippen LogP contribution is -2.38. The number of hydrogen-bond acceptors (Lipinski definition) is 6. The standard InChI is InChI=1S/C19H18F2N4O3/c20-13-3-4-15(14(21)10-13)22-17(26)11-25-7-5-12(6-8-25)18-23-24-19(28-18)16-2-1-9-27-16/h1-4,9-10,12H,5-8,11H2,(H,22,26). The van der Waals surface area contributed by atoms with Gasteiger partial charge in [0.2, 0.25) is 11.8 Å². The van der Waals surface area contributed by atoms with Crippen LogP contribution in [0.5, 0.6) is 0 Å². The zero-order valence-electron chi connectivity index (χ0n) is 14.9. The smallest absolute Gasteiger partial charge is 0.283 e. The van der Waals surface area contributed by atoms with E-state index in [0.717, 1.165) is 25.0 Å². The molecule has 1 N–H and O–H groups in total. The van der Waals surface area contributed by atoms with Gasteiger partial charge in [-0.3, -0.25) is 9.69 Å². The van der Waals surface area contributed by atoms with E-state index in [1.807, 2.05) is 4.90 Å². The fourth-order valence-electron chi connectivity index (χ4n) is 3.22. The molecular weight excluding hydrogens is 370 g/mol. The zero-order valence-corrected chi connectivity index (χ0v) is 14.9. The fraction of sp³-hybridized carbons (Fsp3) is 0.316. The number of hydrogen-bond donors (Lipinski definition) is 1. The van der Waals surface area contributed by atoms with Crippen LogP contribution in [0.2, 0.25) is 0 Å². The molecule has 2 aromatic heterocycles. The molecule has 7 nitrogen and oxygen atoms in total. The van der Waals surface area contributed by atoms with Gasteiger partial charge in [-0.2, -0.15) is 0 Å². The van der Waals surface area contributed by atoms with E-state index >= 15 is 0 Å². The van der Waals surface area contributed by atoms with Gasteiger partial charge < -0.3 is 14.2 Å². The number of rotatable bonds is 5. The van der Waals surface area contributed by atoms with Gasteiger partial charge in [0.15, 0.2) is 5.76 Å². The largest absolute Gasteiger partial charge is 0.459 e. The van der Waals surface area contributed by atoms with Crippen molar-refractivity contribution in [2.75, 3.05) is 25.0 Å². The van der Waals surface area contributed by atoms with Crippen molar-refractivity contribution in [2.45, 2.75) is 18.8 Å². The lowest BCUT2D eigenvalue weighted by atomic mass is 9.97. The minimum atomic E-state index is -0.796. The highest BCUT2D eigenvalue weighted by atomic mass is 19.1. The second kappa shape index (κ2) is 7.89. The van der Waals surface area contributed by atoms with Crippen molar-refractivity contribution >= 4 is 11.6 Å². The zero-order chi connectivity index (χ0) is 19.5. The van der Waals surface area contributed by atoms with E-state index in [9.17, 15) is 13.6 Å². The number of likely N-dealkylation sites (tertiary alicyclic amines) is 1. The third-order valence-electron chi connectivity index (χ3n) is 4.68. The van der Waals surface area contributed by atoms with Crippen LogP contribution in [0.4, 0.5) is 14.5 Å². The van der Waals surface area contributed by atoms with Gasteiger partial charge in [-0.05, 0) is 50.2 Å². The molecule has 0 aliphatic carbocycles. The molecule has 1 fully saturated rings. The van der Waals surface area contributed by atoms with Gasteiger partial charge in [-0.1, -0.05) is 0 Å². The molecule has 9 heteroatoms. The molecule has 1 amide bonds. The van der Waals surface area contributed by atoms with Gasteiger partial charge >= 0.3 is 0 Å². The number of amides is 1. The Labute approximate surface area is 159 Å². The van der Waals surface area contributed by atoms with Crippen LogP contribution in [0.15, 0.2) is 45.4 Å². The lowest BCUT2D eigenvalue weighted by Gasteiger charge is -2.29. The summed E-state index contributed by atoms with van der Waals surface area (Å²) in [5, 5.41) is 10.6. The van der Waals surface area contributed by atoms with Crippen molar-refractivity contribution in [2.24, 2.45) is 0 Å². The number of furan rings is 1. The molecule has 0 atom stereocenters. The first-order valence-electron chi connectivity index (χ1n) is 8.93. The number of benzene rings is 1. The highest BCUT2D eigenvalue weighted by Gasteiger charge is 2.26. The number of halogens is 2. The number of carbonyl (C=O) groups is 1. The van der Waals surface area contributed by atoms with Crippen LogP contribution in [0, 0.1) is 11.6 Å². The Bertz CT molecular complexity index is 950. The molecular formula is C19H18F2N4O3. The van der Waals surface area contributed by atoms with Gasteiger partial charge in [0.05, 0.1) is 18.5 Å². The molecule has 3 heterocycles. The summed E-state index contributed by atoms with van der Waals surface area (Å²) < 4.78 is 37.5. The molecule has 0 spiro atoms. The van der Waals surface area contributed by atoms with Gasteiger partial charge in [0, 0.05) is 12.0 Å². The van der Waals surface area contributed by atoms with E-state index in [0.29, 0.717) is 30.6 Å². The summed E-state index contributed by atoms with van der Waals surface area (Å²) in [6.45, 7) is 1.47. The van der Waals surface area contributed by atoms with E-state index < -0.39 is 11.6 Å². The van der Waals surface area contributed by atoms with E-state index in [4.69, 9.17) is 8.83 Å². The van der Waals surface area contributed by atoms with Crippen LogP contribution in [0.3, 0.4) is 0 Å². The predicted molar refractivity (Wildman–Crippen MR) is 95.4 cm³/mol. The average molecular weight is 388 g/mol. The summed E-state index contributed by atoms with van der Waals surface area (Å²) in [7, 11) is 0. The predicted octanol–water partition coefficient (Wildman–Crippen LogP) is 3.43. The second-order valence-electron chi connectivity index (χ2n) is 6.65. The molecule has 146 valence electrons. The number of piperidine rings is 1. The SMILES string of the molecule is O=C(CN1CCC(c2nnc(-c3ccco3)o2)CC1)Nc1ccc(F)cc1F. The van der Waals surface area contributed by atoms with Gasteiger partial charge in [-0.25, -0.2) is 8.78 Å². The van der Waals surface area contributed by atoms with E-state index in [-0.39, 0.29) is 24.1 Å². The molecule has 1 aromatic carbocycles. The van der Waals surface area contributed by atoms with Crippen LogP contribution in [-0.2, 0) is 4.79 Å². The topological polar surface area (TPSA) is 84.4 Å². The Balaban J connectivity index is 1.29. The Morgan fingerprint density at radius 3 is 2.75 bits per heavy atom. The van der Waals surface area contributed by atoms with Crippen molar-refractivity contribution < 1.29 is 22.4 Å². The third kappa shape index (κ3) is 4.09. The molecule has 1 aliphatic heterocycles. The highest BCUT2D eigenvalue weighted by Crippen LogP contribution is 2.29. The molecule has 0 bridgehead atoms. The van der Waals surface area contributed by atoms with Crippen LogP contribution in [0.25, 0.3) is 11.7 Å². The lowest BCUT2D eigenvalue weighted by molar-refractivity contribution is -0.117. The molecule has 0 saturated carbocycles. The Morgan fingerprint density at radius 2 is 2.04 bits per heavy atom. The van der Waals surface area contributed by atoms with Crippen molar-refractivity contribution in [1.29, 1.82) is 0 Å². The Kier molecular flexibility index (Phi) is 5.16. The van der Waals surface area contributed by atoms with Crippen molar-refractivity contribution in [1.82, 2.24) is 15.1 Å². The maximum Gasteiger partial charge on any atom is 0.283 e. The highest BCUT2D eigenvalue weighted by molar-refractivity contribution is 5.92. The summed E-state index contributed by atoms with van der Waals surface area (Å²) in [5.41, 5.74) is -0.0300. The third-order valence-corrected chi connectivity index (χ3v) is 4.68. The Hall–Kier alpha value is -3.07. The number of nitrogens with zero attached hydrogens (tertiary/aromatic N) is 3. The maximum absolute atomic E-state index is 13.6. The molecule has 4 rings (SSSR count). The van der Waals surface area contributed by atoms with E-state index in [2.05, 4.69) is 15.5 Å². The number of anilines is 1. The summed E-state index contributed by atoms with van der Waals surface area (Å²) >= 11 is 0.